The van der Waals surface area contributed by atoms with Crippen molar-refractivity contribution in [2.75, 3.05) is 18.0 Å². The van der Waals surface area contributed by atoms with Gasteiger partial charge in [-0.1, -0.05) is 12.1 Å². The Morgan fingerprint density at radius 1 is 1.27 bits per heavy atom. The Morgan fingerprint density at radius 2 is 2.04 bits per heavy atom. The van der Waals surface area contributed by atoms with Crippen molar-refractivity contribution in [3.8, 4) is 0 Å². The first-order valence-electron chi connectivity index (χ1n) is 8.08. The SMILES string of the molecule is O=C(O)c1cccc(N2CCCC(NS(=O)(=O)c3cccc(F)c3)C2)n1. The predicted molar refractivity (Wildman–Crippen MR) is 93.2 cm³/mol. The molecule has 0 amide bonds. The summed E-state index contributed by atoms with van der Waals surface area (Å²) >= 11 is 0. The molecule has 1 aromatic carbocycles. The van der Waals surface area contributed by atoms with E-state index in [0.29, 0.717) is 25.3 Å². The van der Waals surface area contributed by atoms with Crippen molar-refractivity contribution in [2.45, 2.75) is 23.8 Å². The molecule has 26 heavy (non-hydrogen) atoms. The van der Waals surface area contributed by atoms with Gasteiger partial charge in [0.05, 0.1) is 4.90 Å². The molecule has 2 heterocycles. The lowest BCUT2D eigenvalue weighted by Crippen LogP contribution is -2.48. The minimum atomic E-state index is -3.84. The molecule has 1 atom stereocenters. The average Bonchev–Trinajstić information content (AvgIpc) is 2.62. The van der Waals surface area contributed by atoms with Crippen molar-refractivity contribution in [1.29, 1.82) is 0 Å². The van der Waals surface area contributed by atoms with Gasteiger partial charge in [0.1, 0.15) is 11.6 Å². The highest BCUT2D eigenvalue weighted by Gasteiger charge is 2.26. The van der Waals surface area contributed by atoms with Gasteiger partial charge in [0.25, 0.3) is 0 Å². The molecule has 9 heteroatoms. The molecule has 0 radical (unpaired) electrons. The fourth-order valence-electron chi connectivity index (χ4n) is 2.92. The van der Waals surface area contributed by atoms with Crippen LogP contribution in [0.5, 0.6) is 0 Å². The summed E-state index contributed by atoms with van der Waals surface area (Å²) in [6.07, 6.45) is 1.35. The maximum absolute atomic E-state index is 13.3. The molecule has 1 fully saturated rings. The standard InChI is InChI=1S/C17H18FN3O4S/c18-12-4-1-6-14(10-12)26(24,25)20-13-5-3-9-21(11-13)16-8-2-7-15(19-16)17(22)23/h1-2,4,6-8,10,13,20H,3,5,9,11H2,(H,22,23). The van der Waals surface area contributed by atoms with Gasteiger partial charge in [-0.3, -0.25) is 0 Å². The molecule has 3 rings (SSSR count). The Balaban J connectivity index is 1.74. The van der Waals surface area contributed by atoms with Crippen LogP contribution in [0.25, 0.3) is 0 Å². The zero-order chi connectivity index (χ0) is 18.7. The van der Waals surface area contributed by atoms with Gasteiger partial charge < -0.3 is 10.0 Å². The van der Waals surface area contributed by atoms with Crippen LogP contribution >= 0.6 is 0 Å². The molecule has 1 aliphatic rings. The molecule has 7 nitrogen and oxygen atoms in total. The van der Waals surface area contributed by atoms with Crippen LogP contribution in [-0.4, -0.2) is 43.6 Å². The second-order valence-electron chi connectivity index (χ2n) is 6.05. The molecule has 0 saturated carbocycles. The summed E-state index contributed by atoms with van der Waals surface area (Å²) in [6.45, 7) is 0.999. The van der Waals surface area contributed by atoms with E-state index < -0.39 is 21.8 Å². The highest BCUT2D eigenvalue weighted by Crippen LogP contribution is 2.20. The molecule has 1 aromatic heterocycles. The van der Waals surface area contributed by atoms with Gasteiger partial charge in [-0.2, -0.15) is 0 Å². The lowest BCUT2D eigenvalue weighted by molar-refractivity contribution is 0.0690. The van der Waals surface area contributed by atoms with Crippen molar-refractivity contribution in [1.82, 2.24) is 9.71 Å². The number of piperidine rings is 1. The third-order valence-corrected chi connectivity index (χ3v) is 5.65. The number of aromatic carboxylic acids is 1. The number of pyridine rings is 1. The topological polar surface area (TPSA) is 99.6 Å². The number of carbonyl (C=O) groups is 1. The van der Waals surface area contributed by atoms with Crippen LogP contribution in [0, 0.1) is 5.82 Å². The van der Waals surface area contributed by atoms with Crippen molar-refractivity contribution in [2.24, 2.45) is 0 Å². The molecule has 1 aliphatic heterocycles. The molecule has 0 aliphatic carbocycles. The van der Waals surface area contributed by atoms with E-state index in [-0.39, 0.29) is 16.6 Å². The number of sulfonamides is 1. The minimum Gasteiger partial charge on any atom is -0.477 e. The number of benzene rings is 1. The van der Waals surface area contributed by atoms with Crippen LogP contribution in [-0.2, 0) is 10.0 Å². The molecule has 2 N–H and O–H groups in total. The minimum absolute atomic E-state index is 0.0648. The van der Waals surface area contributed by atoms with Gasteiger partial charge in [-0.15, -0.1) is 0 Å². The summed E-state index contributed by atoms with van der Waals surface area (Å²) in [5.74, 6) is -1.25. The summed E-state index contributed by atoms with van der Waals surface area (Å²) in [5, 5.41) is 9.06. The Hall–Kier alpha value is -2.52. The molecule has 1 saturated heterocycles. The number of halogens is 1. The molecule has 1 unspecified atom stereocenters. The number of nitrogens with one attached hydrogen (secondary N) is 1. The second kappa shape index (κ2) is 7.38. The van der Waals surface area contributed by atoms with Gasteiger partial charge >= 0.3 is 5.97 Å². The van der Waals surface area contributed by atoms with E-state index >= 15 is 0 Å². The van der Waals surface area contributed by atoms with E-state index in [4.69, 9.17) is 5.11 Å². The Bertz CT molecular complexity index is 920. The fourth-order valence-corrected chi connectivity index (χ4v) is 4.21. The maximum Gasteiger partial charge on any atom is 0.354 e. The van der Waals surface area contributed by atoms with Crippen molar-refractivity contribution in [3.63, 3.8) is 0 Å². The number of carboxylic acids is 1. The zero-order valence-electron chi connectivity index (χ0n) is 13.8. The van der Waals surface area contributed by atoms with E-state index in [1.54, 1.807) is 12.1 Å². The first-order valence-corrected chi connectivity index (χ1v) is 9.57. The molecule has 138 valence electrons. The third-order valence-electron chi connectivity index (χ3n) is 4.13. The lowest BCUT2D eigenvalue weighted by Gasteiger charge is -2.33. The fraction of sp³-hybridized carbons (Fsp3) is 0.294. The van der Waals surface area contributed by atoms with Crippen LogP contribution in [0.1, 0.15) is 23.3 Å². The summed E-state index contributed by atoms with van der Waals surface area (Å²) in [4.78, 5) is 16.9. The number of rotatable bonds is 5. The molecule has 2 aromatic rings. The number of hydrogen-bond donors (Lipinski definition) is 2. The quantitative estimate of drug-likeness (QED) is 0.823. The maximum atomic E-state index is 13.3. The van der Waals surface area contributed by atoms with E-state index in [1.165, 1.54) is 24.3 Å². The van der Waals surface area contributed by atoms with E-state index in [2.05, 4.69) is 9.71 Å². The first kappa shape index (κ1) is 18.3. The van der Waals surface area contributed by atoms with Gasteiger partial charge in [0.2, 0.25) is 10.0 Å². The molecule has 0 spiro atoms. The van der Waals surface area contributed by atoms with Crippen LogP contribution < -0.4 is 9.62 Å². The summed E-state index contributed by atoms with van der Waals surface area (Å²) in [5.41, 5.74) is -0.0648. The number of hydrogen-bond acceptors (Lipinski definition) is 5. The van der Waals surface area contributed by atoms with Crippen molar-refractivity contribution in [3.05, 3.63) is 54.0 Å². The van der Waals surface area contributed by atoms with Crippen LogP contribution in [0.4, 0.5) is 10.2 Å². The predicted octanol–water partition coefficient (Wildman–Crippen LogP) is 1.87. The van der Waals surface area contributed by atoms with Crippen LogP contribution in [0.2, 0.25) is 0 Å². The summed E-state index contributed by atoms with van der Waals surface area (Å²) in [6, 6.07) is 9.15. The number of aromatic nitrogens is 1. The summed E-state index contributed by atoms with van der Waals surface area (Å²) in [7, 11) is -3.84. The second-order valence-corrected chi connectivity index (χ2v) is 7.76. The Morgan fingerprint density at radius 3 is 2.77 bits per heavy atom. The smallest absolute Gasteiger partial charge is 0.354 e. The monoisotopic (exact) mass is 379 g/mol. The number of nitrogens with zero attached hydrogens (tertiary/aromatic N) is 2. The van der Waals surface area contributed by atoms with Crippen LogP contribution in [0.3, 0.4) is 0 Å². The highest BCUT2D eigenvalue weighted by molar-refractivity contribution is 7.89. The van der Waals surface area contributed by atoms with E-state index in [0.717, 1.165) is 12.5 Å². The average molecular weight is 379 g/mol. The Kier molecular flexibility index (Phi) is 5.19. The van der Waals surface area contributed by atoms with Gasteiger partial charge in [0.15, 0.2) is 5.69 Å². The van der Waals surface area contributed by atoms with Gasteiger partial charge in [0, 0.05) is 19.1 Å². The first-order chi connectivity index (χ1) is 12.3. The van der Waals surface area contributed by atoms with Crippen molar-refractivity contribution < 1.29 is 22.7 Å². The normalized spacial score (nSPS) is 17.9. The van der Waals surface area contributed by atoms with Crippen molar-refractivity contribution >= 4 is 21.8 Å². The zero-order valence-corrected chi connectivity index (χ0v) is 14.6. The summed E-state index contributed by atoms with van der Waals surface area (Å²) < 4.78 is 40.8. The molecular formula is C17H18FN3O4S. The molecular weight excluding hydrogens is 361 g/mol. The van der Waals surface area contributed by atoms with Crippen LogP contribution in [0.15, 0.2) is 47.4 Å². The highest BCUT2D eigenvalue weighted by atomic mass is 32.2. The van der Waals surface area contributed by atoms with Gasteiger partial charge in [-0.25, -0.2) is 27.3 Å². The lowest BCUT2D eigenvalue weighted by atomic mass is 10.1. The largest absolute Gasteiger partial charge is 0.477 e. The van der Waals surface area contributed by atoms with Gasteiger partial charge in [-0.05, 0) is 43.2 Å². The number of anilines is 1. The number of carboxylic acid groups (broad SMARTS) is 1. The molecule has 0 bridgehead atoms. The third kappa shape index (κ3) is 4.17. The van der Waals surface area contributed by atoms with E-state index in [9.17, 15) is 17.6 Å². The Labute approximate surface area is 150 Å². The van der Waals surface area contributed by atoms with E-state index in [1.807, 2.05) is 4.90 Å².